The van der Waals surface area contributed by atoms with Gasteiger partial charge in [-0.3, -0.25) is 14.4 Å². The van der Waals surface area contributed by atoms with E-state index in [-0.39, 0.29) is 37.9 Å². The molecule has 0 unspecified atom stereocenters. The SMILES string of the molecule is COC(=O)C[C@H](C(=O)N[C@@H](Cc1ccc(Br)cc1)[C@@H](O)C[C@@H](Cc1ccccc1F)C(=O)N[C@H]1c2cc(Cl)ccc2OC[C@H]1O)C(C)(C)C. The highest BCUT2D eigenvalue weighted by molar-refractivity contribution is 9.10. The lowest BCUT2D eigenvalue weighted by Gasteiger charge is -2.34. The molecule has 0 spiro atoms. The van der Waals surface area contributed by atoms with E-state index < -0.39 is 65.1 Å². The number of esters is 1. The number of fused-ring (bicyclic) bond motifs is 1. The van der Waals surface area contributed by atoms with Gasteiger partial charge < -0.3 is 30.3 Å². The third-order valence-electron chi connectivity index (χ3n) is 8.84. The first-order valence-electron chi connectivity index (χ1n) is 16.1. The third kappa shape index (κ3) is 10.5. The summed E-state index contributed by atoms with van der Waals surface area (Å²) in [6.07, 6.45) is -2.57. The van der Waals surface area contributed by atoms with Crippen LogP contribution in [0.1, 0.15) is 56.3 Å². The van der Waals surface area contributed by atoms with Gasteiger partial charge in [0.1, 0.15) is 24.3 Å². The van der Waals surface area contributed by atoms with Gasteiger partial charge in [-0.05, 0) is 72.2 Å². The number of rotatable bonds is 13. The zero-order valence-corrected chi connectivity index (χ0v) is 30.3. The topological polar surface area (TPSA) is 134 Å². The molecule has 0 radical (unpaired) electrons. The van der Waals surface area contributed by atoms with Crippen LogP contribution in [-0.4, -0.2) is 60.0 Å². The molecule has 49 heavy (non-hydrogen) atoms. The molecule has 3 aromatic carbocycles. The zero-order valence-electron chi connectivity index (χ0n) is 27.9. The summed E-state index contributed by atoms with van der Waals surface area (Å²) in [5.41, 5.74) is 0.943. The first-order valence-corrected chi connectivity index (χ1v) is 17.3. The van der Waals surface area contributed by atoms with Crippen LogP contribution in [0.25, 0.3) is 0 Å². The van der Waals surface area contributed by atoms with E-state index in [4.69, 9.17) is 21.1 Å². The minimum Gasteiger partial charge on any atom is -0.490 e. The quantitative estimate of drug-likeness (QED) is 0.164. The van der Waals surface area contributed by atoms with Gasteiger partial charge in [0.2, 0.25) is 11.8 Å². The highest BCUT2D eigenvalue weighted by atomic mass is 79.9. The predicted octanol–water partition coefficient (Wildman–Crippen LogP) is 5.72. The van der Waals surface area contributed by atoms with E-state index in [1.54, 1.807) is 36.4 Å². The van der Waals surface area contributed by atoms with E-state index in [2.05, 4.69) is 26.6 Å². The summed E-state index contributed by atoms with van der Waals surface area (Å²) in [6, 6.07) is 16.6. The van der Waals surface area contributed by atoms with Gasteiger partial charge in [-0.1, -0.05) is 78.6 Å². The molecule has 2 amide bonds. The van der Waals surface area contributed by atoms with Gasteiger partial charge in [-0.15, -0.1) is 0 Å². The Bertz CT molecular complexity index is 1620. The summed E-state index contributed by atoms with van der Waals surface area (Å²) < 4.78 is 26.3. The Kier molecular flexibility index (Phi) is 13.2. The molecule has 1 aliphatic heterocycles. The Morgan fingerprint density at radius 2 is 1.76 bits per heavy atom. The lowest BCUT2D eigenvalue weighted by Crippen LogP contribution is -2.51. The van der Waals surface area contributed by atoms with E-state index in [0.29, 0.717) is 16.3 Å². The number of hydrogen-bond donors (Lipinski definition) is 4. The van der Waals surface area contributed by atoms with Gasteiger partial charge in [-0.2, -0.15) is 0 Å². The molecule has 12 heteroatoms. The number of carbonyl (C=O) groups excluding carboxylic acids is 3. The summed E-state index contributed by atoms with van der Waals surface area (Å²) in [7, 11) is 1.26. The molecule has 0 saturated heterocycles. The lowest BCUT2D eigenvalue weighted by molar-refractivity contribution is -0.146. The fourth-order valence-electron chi connectivity index (χ4n) is 5.97. The van der Waals surface area contributed by atoms with Gasteiger partial charge in [-0.25, -0.2) is 4.39 Å². The molecule has 1 aliphatic rings. The number of benzene rings is 3. The van der Waals surface area contributed by atoms with E-state index >= 15 is 0 Å². The van der Waals surface area contributed by atoms with E-state index in [9.17, 15) is 29.0 Å². The monoisotopic (exact) mass is 760 g/mol. The van der Waals surface area contributed by atoms with E-state index in [0.717, 1.165) is 10.0 Å². The van der Waals surface area contributed by atoms with Crippen molar-refractivity contribution in [1.29, 1.82) is 0 Å². The van der Waals surface area contributed by atoms with Crippen molar-refractivity contribution in [3.8, 4) is 5.75 Å². The largest absolute Gasteiger partial charge is 0.490 e. The number of methoxy groups -OCH3 is 1. The number of halogens is 3. The second-order valence-corrected chi connectivity index (χ2v) is 14.8. The van der Waals surface area contributed by atoms with Crippen LogP contribution in [0.4, 0.5) is 4.39 Å². The average molecular weight is 762 g/mol. The Balaban J connectivity index is 1.65. The maximum Gasteiger partial charge on any atom is 0.306 e. The van der Waals surface area contributed by atoms with Gasteiger partial charge in [0.05, 0.1) is 37.6 Å². The Hall–Kier alpha value is -3.51. The Morgan fingerprint density at radius 3 is 2.41 bits per heavy atom. The Labute approximate surface area is 299 Å². The normalized spacial score (nSPS) is 18.2. The van der Waals surface area contributed by atoms with Crippen LogP contribution in [0, 0.1) is 23.1 Å². The van der Waals surface area contributed by atoms with Crippen LogP contribution in [0.3, 0.4) is 0 Å². The molecule has 4 N–H and O–H groups in total. The van der Waals surface area contributed by atoms with Crippen molar-refractivity contribution < 1.29 is 38.5 Å². The van der Waals surface area contributed by atoms with Crippen LogP contribution in [0.15, 0.2) is 71.2 Å². The number of aliphatic hydroxyl groups excluding tert-OH is 2. The lowest BCUT2D eigenvalue weighted by atomic mass is 9.77. The van der Waals surface area contributed by atoms with Crippen molar-refractivity contribution in [2.75, 3.05) is 13.7 Å². The third-order valence-corrected chi connectivity index (χ3v) is 9.61. The molecule has 0 aromatic heterocycles. The highest BCUT2D eigenvalue weighted by Gasteiger charge is 2.38. The molecule has 4 rings (SSSR count). The minimum absolute atomic E-state index is 0.0663. The van der Waals surface area contributed by atoms with Crippen molar-refractivity contribution in [3.63, 3.8) is 0 Å². The summed E-state index contributed by atoms with van der Waals surface area (Å²) >= 11 is 9.66. The smallest absolute Gasteiger partial charge is 0.306 e. The molecule has 0 bridgehead atoms. The maximum atomic E-state index is 14.9. The Morgan fingerprint density at radius 1 is 1.06 bits per heavy atom. The van der Waals surface area contributed by atoms with Crippen molar-refractivity contribution in [2.45, 2.75) is 70.7 Å². The fraction of sp³-hybridized carbons (Fsp3) is 0.432. The fourth-order valence-corrected chi connectivity index (χ4v) is 6.41. The average Bonchev–Trinajstić information content (AvgIpc) is 3.05. The second kappa shape index (κ2) is 16.9. The van der Waals surface area contributed by atoms with Gasteiger partial charge >= 0.3 is 5.97 Å². The van der Waals surface area contributed by atoms with E-state index in [1.165, 1.54) is 13.2 Å². The standard InChI is InChI=1S/C37H43BrClFN2O7/c1-37(2,3)27(19-33(45)48-4)36(47)41-29(15-21-9-11-24(38)12-10-21)30(43)17-23(16-22-7-5-6-8-28(22)40)35(46)42-34-26-18-25(39)13-14-32(26)49-20-31(34)44/h5-14,18,23,27,29-31,34,43-44H,15-17,19-20H2,1-4H3,(H,41,47)(H,42,46)/t23-,27-,29+,30+,31-,34+/m1/s1. The van der Waals surface area contributed by atoms with Crippen LogP contribution in [-0.2, 0) is 32.0 Å². The summed E-state index contributed by atoms with van der Waals surface area (Å²) in [4.78, 5) is 40.1. The molecule has 0 fully saturated rings. The van der Waals surface area contributed by atoms with Crippen LogP contribution in [0.5, 0.6) is 5.75 Å². The molecular formula is C37H43BrClFN2O7. The number of nitrogens with one attached hydrogen (secondary N) is 2. The molecule has 9 nitrogen and oxygen atoms in total. The number of hydrogen-bond acceptors (Lipinski definition) is 7. The van der Waals surface area contributed by atoms with E-state index in [1.807, 2.05) is 45.0 Å². The molecule has 0 aliphatic carbocycles. The zero-order chi connectivity index (χ0) is 35.9. The molecule has 6 atom stereocenters. The van der Waals surface area contributed by atoms with Crippen molar-refractivity contribution in [3.05, 3.63) is 98.7 Å². The predicted molar refractivity (Wildman–Crippen MR) is 187 cm³/mol. The molecule has 264 valence electrons. The molecule has 1 heterocycles. The van der Waals surface area contributed by atoms with Gasteiger partial charge in [0, 0.05) is 21.0 Å². The van der Waals surface area contributed by atoms with Crippen LogP contribution in [0.2, 0.25) is 5.02 Å². The molecule has 0 saturated carbocycles. The van der Waals surface area contributed by atoms with Gasteiger partial charge in [0.25, 0.3) is 0 Å². The number of aliphatic hydroxyl groups is 2. The first-order chi connectivity index (χ1) is 23.2. The summed E-state index contributed by atoms with van der Waals surface area (Å²) in [5, 5.41) is 28.9. The van der Waals surface area contributed by atoms with Crippen LogP contribution >= 0.6 is 27.5 Å². The van der Waals surface area contributed by atoms with Crippen molar-refractivity contribution in [1.82, 2.24) is 10.6 Å². The summed E-state index contributed by atoms with van der Waals surface area (Å²) in [6.45, 7) is 5.45. The highest BCUT2D eigenvalue weighted by Crippen LogP contribution is 2.35. The van der Waals surface area contributed by atoms with Gasteiger partial charge in [0.15, 0.2) is 0 Å². The van der Waals surface area contributed by atoms with Crippen molar-refractivity contribution in [2.24, 2.45) is 17.3 Å². The maximum absolute atomic E-state index is 14.9. The second-order valence-electron chi connectivity index (χ2n) is 13.5. The van der Waals surface area contributed by atoms with Crippen molar-refractivity contribution >= 4 is 45.3 Å². The molecular weight excluding hydrogens is 719 g/mol. The number of ether oxygens (including phenoxy) is 2. The first kappa shape index (κ1) is 38.3. The van der Waals surface area contributed by atoms with Crippen LogP contribution < -0.4 is 15.4 Å². The molecule has 3 aromatic rings. The number of carbonyl (C=O) groups is 3. The number of amides is 2. The summed E-state index contributed by atoms with van der Waals surface area (Å²) in [5.74, 6) is -3.34. The minimum atomic E-state index is -1.28.